The summed E-state index contributed by atoms with van der Waals surface area (Å²) in [6.45, 7) is 6.32. The molecular formula is C25H25NO3S. The summed E-state index contributed by atoms with van der Waals surface area (Å²) in [4.78, 5) is 29.5. The highest BCUT2D eigenvalue weighted by Crippen LogP contribution is 2.29. The molecule has 0 aliphatic rings. The monoisotopic (exact) mass is 419 g/mol. The minimum absolute atomic E-state index is 0.0757. The summed E-state index contributed by atoms with van der Waals surface area (Å²) in [5.74, 6) is 0.367. The van der Waals surface area contributed by atoms with Gasteiger partial charge in [-0.3, -0.25) is 9.78 Å². The second-order valence-corrected chi connectivity index (χ2v) is 8.66. The van der Waals surface area contributed by atoms with Gasteiger partial charge >= 0.3 is 5.97 Å². The summed E-state index contributed by atoms with van der Waals surface area (Å²) in [6.07, 6.45) is 4.10. The Morgan fingerprint density at radius 3 is 2.27 bits per heavy atom. The van der Waals surface area contributed by atoms with Crippen LogP contribution in [0, 0.1) is 5.92 Å². The number of rotatable bonds is 7. The van der Waals surface area contributed by atoms with Gasteiger partial charge in [0.05, 0.1) is 11.5 Å². The van der Waals surface area contributed by atoms with Crippen LogP contribution in [0.5, 0.6) is 5.75 Å². The number of aromatic nitrogens is 1. The van der Waals surface area contributed by atoms with Crippen molar-refractivity contribution in [2.24, 2.45) is 5.92 Å². The van der Waals surface area contributed by atoms with Crippen LogP contribution in [-0.4, -0.2) is 16.1 Å². The van der Waals surface area contributed by atoms with Crippen molar-refractivity contribution in [1.29, 1.82) is 0 Å². The lowest BCUT2D eigenvalue weighted by Gasteiger charge is -2.12. The van der Waals surface area contributed by atoms with E-state index in [1.54, 1.807) is 42.6 Å². The number of carbonyl (C=O) groups excluding carboxylic acids is 2. The largest absolute Gasteiger partial charge is 0.423 e. The van der Waals surface area contributed by atoms with Gasteiger partial charge in [0.15, 0.2) is 0 Å². The van der Waals surface area contributed by atoms with Gasteiger partial charge < -0.3 is 4.74 Å². The number of esters is 1. The standard InChI is InChI=1S/C25H25NO3S/c1-17(2)15-19-6-8-20(9-7-19)18(3)25(28)30-23-12-10-22(11-13-23)29-24(27)21-5-4-14-26-16-21/h4-14,16-18H,15H2,1-3H3. The second-order valence-electron chi connectivity index (χ2n) is 7.58. The van der Waals surface area contributed by atoms with Crippen molar-refractivity contribution < 1.29 is 14.3 Å². The lowest BCUT2D eigenvalue weighted by molar-refractivity contribution is -0.111. The average Bonchev–Trinajstić information content (AvgIpc) is 2.75. The third-order valence-electron chi connectivity index (χ3n) is 4.63. The van der Waals surface area contributed by atoms with E-state index in [-0.39, 0.29) is 11.0 Å². The molecule has 3 aromatic rings. The maximum Gasteiger partial charge on any atom is 0.345 e. The van der Waals surface area contributed by atoms with Crippen LogP contribution < -0.4 is 4.74 Å². The first-order chi connectivity index (χ1) is 14.4. The molecule has 1 atom stereocenters. The Kier molecular flexibility index (Phi) is 7.41. The minimum atomic E-state index is -0.464. The van der Waals surface area contributed by atoms with Crippen LogP contribution in [0.2, 0.25) is 0 Å². The van der Waals surface area contributed by atoms with Gasteiger partial charge in [0.2, 0.25) is 5.12 Å². The lowest BCUT2D eigenvalue weighted by atomic mass is 9.97. The molecule has 0 bridgehead atoms. The summed E-state index contributed by atoms with van der Waals surface area (Å²) in [5.41, 5.74) is 2.69. The quantitative estimate of drug-likeness (QED) is 0.270. The van der Waals surface area contributed by atoms with E-state index in [9.17, 15) is 9.59 Å². The molecule has 0 spiro atoms. The van der Waals surface area contributed by atoms with Gasteiger partial charge in [-0.25, -0.2) is 4.79 Å². The maximum atomic E-state index is 12.7. The normalized spacial score (nSPS) is 11.9. The van der Waals surface area contributed by atoms with E-state index < -0.39 is 5.97 Å². The summed E-state index contributed by atoms with van der Waals surface area (Å²) in [7, 11) is 0. The van der Waals surface area contributed by atoms with E-state index in [4.69, 9.17) is 4.74 Å². The van der Waals surface area contributed by atoms with Gasteiger partial charge in [0.25, 0.3) is 0 Å². The van der Waals surface area contributed by atoms with Gasteiger partial charge in [0.1, 0.15) is 5.75 Å². The topological polar surface area (TPSA) is 56.3 Å². The van der Waals surface area contributed by atoms with Crippen molar-refractivity contribution in [2.45, 2.75) is 38.0 Å². The molecule has 0 saturated heterocycles. The van der Waals surface area contributed by atoms with Gasteiger partial charge in [-0.1, -0.05) is 56.8 Å². The fraction of sp³-hybridized carbons (Fsp3) is 0.240. The Balaban J connectivity index is 1.58. The average molecular weight is 420 g/mol. The zero-order chi connectivity index (χ0) is 21.5. The third kappa shape index (κ3) is 6.04. The molecule has 0 radical (unpaired) electrons. The third-order valence-corrected chi connectivity index (χ3v) is 5.69. The predicted molar refractivity (Wildman–Crippen MR) is 120 cm³/mol. The van der Waals surface area contributed by atoms with Crippen LogP contribution in [0.25, 0.3) is 0 Å². The molecule has 0 aliphatic heterocycles. The van der Waals surface area contributed by atoms with E-state index in [2.05, 4.69) is 31.0 Å². The summed E-state index contributed by atoms with van der Waals surface area (Å²) in [5, 5.41) is 0.0757. The molecule has 1 unspecified atom stereocenters. The highest BCUT2D eigenvalue weighted by molar-refractivity contribution is 8.13. The van der Waals surface area contributed by atoms with Crippen molar-refractivity contribution in [2.75, 3.05) is 0 Å². The van der Waals surface area contributed by atoms with Crippen LogP contribution in [0.3, 0.4) is 0 Å². The van der Waals surface area contributed by atoms with E-state index >= 15 is 0 Å². The minimum Gasteiger partial charge on any atom is -0.423 e. The zero-order valence-electron chi connectivity index (χ0n) is 17.4. The number of nitrogens with zero attached hydrogens (tertiary/aromatic N) is 1. The molecule has 3 rings (SSSR count). The number of ether oxygens (including phenoxy) is 1. The molecule has 1 heterocycles. The number of pyridine rings is 1. The fourth-order valence-corrected chi connectivity index (χ4v) is 3.80. The van der Waals surface area contributed by atoms with E-state index in [1.165, 1.54) is 23.5 Å². The van der Waals surface area contributed by atoms with Crippen LogP contribution >= 0.6 is 11.8 Å². The van der Waals surface area contributed by atoms with Crippen LogP contribution in [-0.2, 0) is 11.2 Å². The molecule has 0 fully saturated rings. The van der Waals surface area contributed by atoms with Crippen molar-refractivity contribution in [3.8, 4) is 5.75 Å². The number of carbonyl (C=O) groups is 2. The SMILES string of the molecule is CC(C)Cc1ccc(C(C)C(=O)Sc2ccc(OC(=O)c3cccnc3)cc2)cc1. The molecule has 4 nitrogen and oxygen atoms in total. The first-order valence-electron chi connectivity index (χ1n) is 9.95. The number of thioether (sulfide) groups is 1. The molecule has 0 amide bonds. The first-order valence-corrected chi connectivity index (χ1v) is 10.8. The van der Waals surface area contributed by atoms with Gasteiger partial charge in [-0.05, 0) is 59.9 Å². The van der Waals surface area contributed by atoms with Gasteiger partial charge in [-0.15, -0.1) is 0 Å². The zero-order valence-corrected chi connectivity index (χ0v) is 18.2. The Hall–Kier alpha value is -2.92. The summed E-state index contributed by atoms with van der Waals surface area (Å²) >= 11 is 1.20. The maximum absolute atomic E-state index is 12.7. The van der Waals surface area contributed by atoms with E-state index in [0.29, 0.717) is 17.2 Å². The number of benzene rings is 2. The van der Waals surface area contributed by atoms with E-state index in [1.807, 2.05) is 19.1 Å². The van der Waals surface area contributed by atoms with Crippen molar-refractivity contribution in [3.63, 3.8) is 0 Å². The molecule has 30 heavy (non-hydrogen) atoms. The molecule has 0 aliphatic carbocycles. The van der Waals surface area contributed by atoms with Crippen LogP contribution in [0.1, 0.15) is 48.2 Å². The van der Waals surface area contributed by atoms with E-state index in [0.717, 1.165) is 16.9 Å². The van der Waals surface area contributed by atoms with Gasteiger partial charge in [0, 0.05) is 17.3 Å². The van der Waals surface area contributed by atoms with Crippen LogP contribution in [0.15, 0.2) is 78.0 Å². The molecule has 2 aromatic carbocycles. The summed E-state index contributed by atoms with van der Waals surface area (Å²) in [6, 6.07) is 18.6. The lowest BCUT2D eigenvalue weighted by Crippen LogP contribution is -2.08. The molecule has 1 aromatic heterocycles. The Bertz CT molecular complexity index is 983. The Labute approximate surface area is 181 Å². The van der Waals surface area contributed by atoms with Crippen molar-refractivity contribution in [1.82, 2.24) is 4.98 Å². The molecule has 0 N–H and O–H groups in total. The smallest absolute Gasteiger partial charge is 0.345 e. The Morgan fingerprint density at radius 2 is 1.67 bits per heavy atom. The highest BCUT2D eigenvalue weighted by Gasteiger charge is 2.17. The molecule has 5 heteroatoms. The predicted octanol–water partition coefficient (Wildman–Crippen LogP) is 5.92. The van der Waals surface area contributed by atoms with Gasteiger partial charge in [-0.2, -0.15) is 0 Å². The molecule has 0 saturated carbocycles. The highest BCUT2D eigenvalue weighted by atomic mass is 32.2. The summed E-state index contributed by atoms with van der Waals surface area (Å²) < 4.78 is 5.34. The number of hydrogen-bond donors (Lipinski definition) is 0. The fourth-order valence-electron chi connectivity index (χ4n) is 2.98. The second kappa shape index (κ2) is 10.2. The van der Waals surface area contributed by atoms with Crippen molar-refractivity contribution in [3.05, 3.63) is 89.7 Å². The molecule has 154 valence electrons. The van der Waals surface area contributed by atoms with Crippen molar-refractivity contribution >= 4 is 22.8 Å². The van der Waals surface area contributed by atoms with Crippen LogP contribution in [0.4, 0.5) is 0 Å². The molecular weight excluding hydrogens is 394 g/mol. The Morgan fingerprint density at radius 1 is 0.967 bits per heavy atom. The first kappa shape index (κ1) is 21.8. The number of hydrogen-bond acceptors (Lipinski definition) is 5.